The molecule has 3 aromatic rings. The lowest BCUT2D eigenvalue weighted by atomic mass is 9.80. The number of aromatic amines is 1. The molecule has 4 nitrogen and oxygen atoms in total. The summed E-state index contributed by atoms with van der Waals surface area (Å²) in [6, 6.07) is 12.9. The first-order chi connectivity index (χ1) is 12.7. The topological polar surface area (TPSA) is 58.1 Å². The van der Waals surface area contributed by atoms with Crippen LogP contribution in [0.3, 0.4) is 0 Å². The number of halogens is 3. The molecule has 0 saturated heterocycles. The first-order valence-corrected chi connectivity index (χ1v) is 8.38. The van der Waals surface area contributed by atoms with E-state index in [1.54, 1.807) is 24.4 Å². The van der Waals surface area contributed by atoms with Gasteiger partial charge in [0.2, 0.25) is 0 Å². The first-order valence-electron chi connectivity index (χ1n) is 8.38. The number of H-pyrrole nitrogens is 1. The number of ether oxygens (including phenoxy) is 1. The molecule has 1 atom stereocenters. The van der Waals surface area contributed by atoms with E-state index in [9.17, 15) is 18.3 Å². The summed E-state index contributed by atoms with van der Waals surface area (Å²) in [4.78, 5) is 6.96. The van der Waals surface area contributed by atoms with E-state index in [-0.39, 0.29) is 11.7 Å². The number of alkyl halides is 3. The highest BCUT2D eigenvalue weighted by atomic mass is 19.4. The van der Waals surface area contributed by atoms with E-state index >= 15 is 0 Å². The Morgan fingerprint density at radius 2 is 1.74 bits per heavy atom. The van der Waals surface area contributed by atoms with E-state index in [1.165, 1.54) is 18.5 Å². The molecule has 0 fully saturated rings. The summed E-state index contributed by atoms with van der Waals surface area (Å²) < 4.78 is 40.8. The molecule has 27 heavy (non-hydrogen) atoms. The molecule has 142 valence electrons. The Morgan fingerprint density at radius 3 is 2.30 bits per heavy atom. The number of hydrogen-bond donors (Lipinski definition) is 2. The van der Waals surface area contributed by atoms with Crippen LogP contribution in [-0.2, 0) is 5.60 Å². The van der Waals surface area contributed by atoms with Crippen LogP contribution in [0.4, 0.5) is 13.2 Å². The minimum atomic E-state index is -4.72. The third-order valence-corrected chi connectivity index (χ3v) is 4.47. The van der Waals surface area contributed by atoms with Crippen molar-refractivity contribution in [1.82, 2.24) is 9.97 Å². The van der Waals surface area contributed by atoms with Gasteiger partial charge in [0.25, 0.3) is 0 Å². The van der Waals surface area contributed by atoms with Crippen molar-refractivity contribution < 1.29 is 23.0 Å². The number of rotatable bonds is 5. The fourth-order valence-electron chi connectivity index (χ4n) is 3.05. The van der Waals surface area contributed by atoms with Crippen molar-refractivity contribution in [3.8, 4) is 16.9 Å². The van der Waals surface area contributed by atoms with Gasteiger partial charge in [-0.15, -0.1) is 13.2 Å². The van der Waals surface area contributed by atoms with Crippen molar-refractivity contribution in [3.05, 3.63) is 72.3 Å². The molecule has 0 spiro atoms. The Labute approximate surface area is 154 Å². The Bertz CT molecular complexity index is 890. The van der Waals surface area contributed by atoms with Crippen LogP contribution in [0.2, 0.25) is 0 Å². The second kappa shape index (κ2) is 7.08. The van der Waals surface area contributed by atoms with Crippen LogP contribution in [0.5, 0.6) is 5.75 Å². The molecule has 0 radical (unpaired) electrons. The fraction of sp³-hybridized carbons (Fsp3) is 0.250. The molecule has 0 aliphatic rings. The summed E-state index contributed by atoms with van der Waals surface area (Å²) in [7, 11) is 0. The van der Waals surface area contributed by atoms with Crippen molar-refractivity contribution in [3.63, 3.8) is 0 Å². The fourth-order valence-corrected chi connectivity index (χ4v) is 3.05. The van der Waals surface area contributed by atoms with Crippen LogP contribution in [0.1, 0.15) is 25.1 Å². The van der Waals surface area contributed by atoms with Gasteiger partial charge in [-0.25, -0.2) is 4.98 Å². The molecule has 7 heteroatoms. The Balaban J connectivity index is 1.96. The third kappa shape index (κ3) is 3.98. The molecule has 0 aliphatic carbocycles. The molecule has 0 bridgehead atoms. The van der Waals surface area contributed by atoms with Crippen LogP contribution < -0.4 is 4.74 Å². The van der Waals surface area contributed by atoms with Crippen LogP contribution in [0.25, 0.3) is 11.1 Å². The van der Waals surface area contributed by atoms with E-state index in [0.29, 0.717) is 16.8 Å². The van der Waals surface area contributed by atoms with Crippen LogP contribution >= 0.6 is 0 Å². The number of imidazole rings is 1. The highest BCUT2D eigenvalue weighted by Gasteiger charge is 2.36. The minimum absolute atomic E-state index is 0.143. The van der Waals surface area contributed by atoms with E-state index in [0.717, 1.165) is 5.56 Å². The van der Waals surface area contributed by atoms with Crippen molar-refractivity contribution in [2.45, 2.75) is 25.8 Å². The first kappa shape index (κ1) is 19.0. The van der Waals surface area contributed by atoms with Gasteiger partial charge in [-0.05, 0) is 40.8 Å². The lowest BCUT2D eigenvalue weighted by Gasteiger charge is -2.32. The van der Waals surface area contributed by atoms with Gasteiger partial charge in [-0.1, -0.05) is 44.2 Å². The number of nitrogens with one attached hydrogen (secondary N) is 1. The molecule has 0 aliphatic heterocycles. The second-order valence-electron chi connectivity index (χ2n) is 6.54. The van der Waals surface area contributed by atoms with Crippen molar-refractivity contribution in [1.29, 1.82) is 0 Å². The van der Waals surface area contributed by atoms with Crippen molar-refractivity contribution in [2.75, 3.05) is 0 Å². The summed E-state index contributed by atoms with van der Waals surface area (Å²) in [5.74, 6) is -0.422. The van der Waals surface area contributed by atoms with Gasteiger partial charge in [0.1, 0.15) is 11.4 Å². The highest BCUT2D eigenvalue weighted by Crippen LogP contribution is 2.37. The molecule has 0 saturated carbocycles. The average molecular weight is 376 g/mol. The minimum Gasteiger partial charge on any atom is -0.406 e. The predicted molar refractivity (Wildman–Crippen MR) is 95.0 cm³/mol. The zero-order chi connectivity index (χ0) is 19.7. The standard InChI is InChI=1S/C20H19F3N2O2/c1-13(2)19(26,18-11-24-12-25-18)16-5-3-4-15(10-16)14-6-8-17(9-7-14)27-20(21,22)23/h3-13,26H,1-2H3,(H,24,25). The third-order valence-electron chi connectivity index (χ3n) is 4.47. The van der Waals surface area contributed by atoms with E-state index in [2.05, 4.69) is 14.7 Å². The zero-order valence-corrected chi connectivity index (χ0v) is 14.8. The Morgan fingerprint density at radius 1 is 1.04 bits per heavy atom. The summed E-state index contributed by atoms with van der Waals surface area (Å²) in [6.45, 7) is 3.80. The van der Waals surface area contributed by atoms with Gasteiger partial charge in [0.15, 0.2) is 0 Å². The molecule has 1 heterocycles. The summed E-state index contributed by atoms with van der Waals surface area (Å²) >= 11 is 0. The summed E-state index contributed by atoms with van der Waals surface area (Å²) in [5, 5.41) is 11.3. The van der Waals surface area contributed by atoms with Crippen molar-refractivity contribution in [2.24, 2.45) is 5.92 Å². The Kier molecular flexibility index (Phi) is 4.97. The van der Waals surface area contributed by atoms with Gasteiger partial charge in [0, 0.05) is 0 Å². The lowest BCUT2D eigenvalue weighted by molar-refractivity contribution is -0.274. The average Bonchev–Trinajstić information content (AvgIpc) is 3.15. The molecular weight excluding hydrogens is 357 g/mol. The predicted octanol–water partition coefficient (Wildman–Crippen LogP) is 4.87. The Hall–Kier alpha value is -2.80. The number of nitrogens with zero attached hydrogens (tertiary/aromatic N) is 1. The molecule has 1 aromatic heterocycles. The van der Waals surface area contributed by atoms with Gasteiger partial charge in [0.05, 0.1) is 18.2 Å². The zero-order valence-electron chi connectivity index (χ0n) is 14.8. The highest BCUT2D eigenvalue weighted by molar-refractivity contribution is 5.65. The number of hydrogen-bond acceptors (Lipinski definition) is 3. The molecular formula is C20H19F3N2O2. The molecule has 3 rings (SSSR count). The van der Waals surface area contributed by atoms with Gasteiger partial charge < -0.3 is 14.8 Å². The number of aromatic nitrogens is 2. The van der Waals surface area contributed by atoms with Gasteiger partial charge in [-0.2, -0.15) is 0 Å². The van der Waals surface area contributed by atoms with E-state index < -0.39 is 12.0 Å². The SMILES string of the molecule is CC(C)C(O)(c1cccc(-c2ccc(OC(F)(F)F)cc2)c1)c1cnc[nH]1. The summed E-state index contributed by atoms with van der Waals surface area (Å²) in [5.41, 5.74) is 1.44. The smallest absolute Gasteiger partial charge is 0.406 e. The van der Waals surface area contributed by atoms with Gasteiger partial charge >= 0.3 is 6.36 Å². The monoisotopic (exact) mass is 376 g/mol. The van der Waals surface area contributed by atoms with E-state index in [4.69, 9.17) is 0 Å². The van der Waals surface area contributed by atoms with Gasteiger partial charge in [-0.3, -0.25) is 0 Å². The van der Waals surface area contributed by atoms with Crippen molar-refractivity contribution >= 4 is 0 Å². The maximum absolute atomic E-state index is 12.3. The maximum atomic E-state index is 12.3. The second-order valence-corrected chi connectivity index (χ2v) is 6.54. The number of aliphatic hydroxyl groups is 1. The molecule has 1 unspecified atom stereocenters. The molecule has 2 N–H and O–H groups in total. The number of benzene rings is 2. The quantitative estimate of drug-likeness (QED) is 0.668. The molecule has 2 aromatic carbocycles. The van der Waals surface area contributed by atoms with Crippen LogP contribution in [-0.4, -0.2) is 21.4 Å². The van der Waals surface area contributed by atoms with E-state index in [1.807, 2.05) is 32.0 Å². The summed E-state index contributed by atoms with van der Waals surface area (Å²) in [6.07, 6.45) is -1.64. The molecule has 0 amide bonds. The van der Waals surface area contributed by atoms with Crippen LogP contribution in [0.15, 0.2) is 61.1 Å². The maximum Gasteiger partial charge on any atom is 0.573 e. The van der Waals surface area contributed by atoms with Crippen LogP contribution in [0, 0.1) is 5.92 Å². The largest absolute Gasteiger partial charge is 0.573 e. The normalized spacial score (nSPS) is 14.2. The lowest BCUT2D eigenvalue weighted by Crippen LogP contribution is -2.33.